The summed E-state index contributed by atoms with van der Waals surface area (Å²) in [4.78, 5) is 12.4. The van der Waals surface area contributed by atoms with Gasteiger partial charge >= 0.3 is 0 Å². The Morgan fingerprint density at radius 3 is 2.72 bits per heavy atom. The fraction of sp³-hybridized carbons (Fsp3) is 0.500. The van der Waals surface area contributed by atoms with Gasteiger partial charge in [0.15, 0.2) is 0 Å². The van der Waals surface area contributed by atoms with Crippen molar-refractivity contribution < 1.29 is 4.79 Å². The van der Waals surface area contributed by atoms with Crippen LogP contribution in [0.2, 0.25) is 0 Å². The molecular weight excluding hydrogens is 339 g/mol. The van der Waals surface area contributed by atoms with Crippen molar-refractivity contribution in [2.45, 2.75) is 38.1 Å². The lowest BCUT2D eigenvalue weighted by molar-refractivity contribution is 0.0902. The minimum absolute atomic E-state index is 0.00968. The topological polar surface area (TPSA) is 55.1 Å². The maximum Gasteiger partial charge on any atom is 0.252 e. The lowest BCUT2D eigenvalue weighted by Crippen LogP contribution is -2.51. The zero-order valence-electron chi connectivity index (χ0n) is 10.6. The van der Waals surface area contributed by atoms with Crippen LogP contribution in [0, 0.1) is 10.5 Å². The van der Waals surface area contributed by atoms with Crippen molar-refractivity contribution in [2.24, 2.45) is 5.73 Å². The molecule has 1 aliphatic rings. The maximum atomic E-state index is 12.4. The Morgan fingerprint density at radius 2 is 2.11 bits per heavy atom. The van der Waals surface area contributed by atoms with Gasteiger partial charge in [-0.05, 0) is 54.5 Å². The second kappa shape index (κ2) is 5.57. The Labute approximate surface area is 122 Å². The molecule has 0 aliphatic heterocycles. The summed E-state index contributed by atoms with van der Waals surface area (Å²) in [7, 11) is 0. The van der Waals surface area contributed by atoms with Crippen molar-refractivity contribution in [3.05, 3.63) is 32.9 Å². The Bertz CT molecular complexity index is 453. The first-order chi connectivity index (χ1) is 8.56. The fourth-order valence-electron chi connectivity index (χ4n) is 2.55. The summed E-state index contributed by atoms with van der Waals surface area (Å²) in [5, 5.41) is 3.16. The SMILES string of the molecule is Cc1ccc(I)c(C(=O)NC2(CN)CCCC2)c1. The second-order valence-corrected chi connectivity index (χ2v) is 6.29. The molecular formula is C14H19IN2O. The summed E-state index contributed by atoms with van der Waals surface area (Å²) in [5.41, 5.74) is 7.53. The average molecular weight is 358 g/mol. The van der Waals surface area contributed by atoms with E-state index >= 15 is 0 Å². The van der Waals surface area contributed by atoms with E-state index < -0.39 is 0 Å². The molecule has 1 aromatic rings. The van der Waals surface area contributed by atoms with E-state index in [2.05, 4.69) is 27.9 Å². The van der Waals surface area contributed by atoms with Gasteiger partial charge in [0.25, 0.3) is 5.91 Å². The molecule has 0 radical (unpaired) electrons. The third-order valence-electron chi connectivity index (χ3n) is 3.70. The van der Waals surface area contributed by atoms with Crippen molar-refractivity contribution in [1.82, 2.24) is 5.32 Å². The van der Waals surface area contributed by atoms with Gasteiger partial charge in [-0.3, -0.25) is 4.79 Å². The lowest BCUT2D eigenvalue weighted by Gasteiger charge is -2.29. The second-order valence-electron chi connectivity index (χ2n) is 5.13. The first kappa shape index (κ1) is 13.8. The Kier molecular flexibility index (Phi) is 4.27. The number of halogens is 1. The van der Waals surface area contributed by atoms with Crippen LogP contribution >= 0.6 is 22.6 Å². The normalized spacial score (nSPS) is 17.7. The number of amides is 1. The van der Waals surface area contributed by atoms with Gasteiger partial charge in [-0.25, -0.2) is 0 Å². The van der Waals surface area contributed by atoms with Crippen LogP contribution in [-0.4, -0.2) is 18.0 Å². The fourth-order valence-corrected chi connectivity index (χ4v) is 3.13. The number of nitrogens with one attached hydrogen (secondary N) is 1. The van der Waals surface area contributed by atoms with Crippen molar-refractivity contribution in [2.75, 3.05) is 6.54 Å². The van der Waals surface area contributed by atoms with E-state index in [1.54, 1.807) is 0 Å². The number of aryl methyl sites for hydroxylation is 1. The Hall–Kier alpha value is -0.620. The van der Waals surface area contributed by atoms with Gasteiger partial charge in [0, 0.05) is 10.1 Å². The van der Waals surface area contributed by atoms with Crippen LogP contribution in [0.3, 0.4) is 0 Å². The van der Waals surface area contributed by atoms with Crippen molar-refractivity contribution >= 4 is 28.5 Å². The number of rotatable bonds is 3. The first-order valence-electron chi connectivity index (χ1n) is 6.35. The van der Waals surface area contributed by atoms with Crippen LogP contribution in [0.15, 0.2) is 18.2 Å². The summed E-state index contributed by atoms with van der Waals surface area (Å²) in [6.45, 7) is 2.53. The minimum atomic E-state index is -0.177. The molecule has 3 nitrogen and oxygen atoms in total. The number of hydrogen-bond acceptors (Lipinski definition) is 2. The van der Waals surface area contributed by atoms with Gasteiger partial charge in [0.05, 0.1) is 11.1 Å². The highest BCUT2D eigenvalue weighted by atomic mass is 127. The highest BCUT2D eigenvalue weighted by molar-refractivity contribution is 14.1. The molecule has 3 N–H and O–H groups in total. The van der Waals surface area contributed by atoms with Gasteiger partial charge in [0.2, 0.25) is 0 Å². The van der Waals surface area contributed by atoms with E-state index in [0.29, 0.717) is 6.54 Å². The average Bonchev–Trinajstić information content (AvgIpc) is 2.81. The zero-order chi connectivity index (χ0) is 13.2. The van der Waals surface area contributed by atoms with Crippen molar-refractivity contribution in [3.8, 4) is 0 Å². The number of carbonyl (C=O) groups is 1. The molecule has 2 rings (SSSR count). The zero-order valence-corrected chi connectivity index (χ0v) is 12.8. The molecule has 0 bridgehead atoms. The number of nitrogens with two attached hydrogens (primary N) is 1. The molecule has 1 aliphatic carbocycles. The molecule has 4 heteroatoms. The van der Waals surface area contributed by atoms with Gasteiger partial charge < -0.3 is 11.1 Å². The monoisotopic (exact) mass is 358 g/mol. The van der Waals surface area contributed by atoms with E-state index in [1.807, 2.05) is 25.1 Å². The van der Waals surface area contributed by atoms with Gasteiger partial charge in [-0.1, -0.05) is 24.5 Å². The Morgan fingerprint density at radius 1 is 1.44 bits per heavy atom. The van der Waals surface area contributed by atoms with Crippen LogP contribution in [0.25, 0.3) is 0 Å². The lowest BCUT2D eigenvalue weighted by atomic mass is 9.97. The van der Waals surface area contributed by atoms with Crippen molar-refractivity contribution in [3.63, 3.8) is 0 Å². The third-order valence-corrected chi connectivity index (χ3v) is 4.64. The molecule has 98 valence electrons. The van der Waals surface area contributed by atoms with Gasteiger partial charge in [-0.15, -0.1) is 0 Å². The van der Waals surface area contributed by atoms with Gasteiger partial charge in [0.1, 0.15) is 0 Å². The largest absolute Gasteiger partial charge is 0.345 e. The van der Waals surface area contributed by atoms with E-state index in [9.17, 15) is 4.79 Å². The minimum Gasteiger partial charge on any atom is -0.345 e. The molecule has 0 saturated heterocycles. The maximum absolute atomic E-state index is 12.4. The van der Waals surface area contributed by atoms with E-state index in [-0.39, 0.29) is 11.4 Å². The van der Waals surface area contributed by atoms with E-state index in [4.69, 9.17) is 5.73 Å². The highest BCUT2D eigenvalue weighted by Crippen LogP contribution is 2.29. The van der Waals surface area contributed by atoms with E-state index in [0.717, 1.165) is 40.4 Å². The van der Waals surface area contributed by atoms with Crippen LogP contribution in [0.4, 0.5) is 0 Å². The first-order valence-corrected chi connectivity index (χ1v) is 7.43. The summed E-state index contributed by atoms with van der Waals surface area (Å²) >= 11 is 2.20. The standard InChI is InChI=1S/C14H19IN2O/c1-10-4-5-12(15)11(8-10)13(18)17-14(9-16)6-2-3-7-14/h4-5,8H,2-3,6-7,9,16H2,1H3,(H,17,18). The molecule has 0 unspecified atom stereocenters. The number of hydrogen-bond donors (Lipinski definition) is 2. The molecule has 18 heavy (non-hydrogen) atoms. The quantitative estimate of drug-likeness (QED) is 0.817. The smallest absolute Gasteiger partial charge is 0.252 e. The predicted octanol–water partition coefficient (Wildman–Crippen LogP) is 2.60. The summed E-state index contributed by atoms with van der Waals surface area (Å²) in [6.07, 6.45) is 4.31. The van der Waals surface area contributed by atoms with Gasteiger partial charge in [-0.2, -0.15) is 0 Å². The number of carbonyl (C=O) groups excluding carboxylic acids is 1. The summed E-state index contributed by atoms with van der Waals surface area (Å²) < 4.78 is 0.987. The highest BCUT2D eigenvalue weighted by Gasteiger charge is 2.34. The molecule has 1 fully saturated rings. The predicted molar refractivity (Wildman–Crippen MR) is 81.6 cm³/mol. The van der Waals surface area contributed by atoms with Crippen LogP contribution in [-0.2, 0) is 0 Å². The molecule has 1 saturated carbocycles. The molecule has 0 heterocycles. The van der Waals surface area contributed by atoms with Crippen molar-refractivity contribution in [1.29, 1.82) is 0 Å². The van der Waals surface area contributed by atoms with E-state index in [1.165, 1.54) is 0 Å². The molecule has 0 atom stereocenters. The van der Waals surface area contributed by atoms with Crippen LogP contribution in [0.1, 0.15) is 41.6 Å². The molecule has 0 spiro atoms. The molecule has 1 amide bonds. The Balaban J connectivity index is 2.18. The summed E-state index contributed by atoms with van der Waals surface area (Å²) in [5.74, 6) is 0.00968. The molecule has 1 aromatic carbocycles. The number of benzene rings is 1. The van der Waals surface area contributed by atoms with Crippen LogP contribution in [0.5, 0.6) is 0 Å². The third kappa shape index (κ3) is 2.85. The van der Waals surface area contributed by atoms with Crippen LogP contribution < -0.4 is 11.1 Å². The summed E-state index contributed by atoms with van der Waals surface area (Å²) in [6, 6.07) is 5.94. The molecule has 0 aromatic heterocycles.